The van der Waals surface area contributed by atoms with E-state index in [2.05, 4.69) is 58.5 Å². The summed E-state index contributed by atoms with van der Waals surface area (Å²) in [5.74, 6) is 2.40. The van der Waals surface area contributed by atoms with Gasteiger partial charge in [0, 0.05) is 13.1 Å². The second-order valence-electron chi connectivity index (χ2n) is 5.87. The first-order valence-electron chi connectivity index (χ1n) is 8.88. The van der Waals surface area contributed by atoms with Crippen molar-refractivity contribution in [1.82, 2.24) is 20.6 Å². The zero-order valence-electron chi connectivity index (χ0n) is 15.0. The molecule has 0 unspecified atom stereocenters. The molecule has 5 heteroatoms. The van der Waals surface area contributed by atoms with Crippen LogP contribution in [0.3, 0.4) is 0 Å². The fourth-order valence-corrected chi connectivity index (χ4v) is 2.52. The number of rotatable bonds is 8. The van der Waals surface area contributed by atoms with E-state index in [-0.39, 0.29) is 0 Å². The molecule has 0 spiro atoms. The Hall–Kier alpha value is -2.30. The number of aliphatic imine (C=N–C) groups is 1. The molecule has 0 aliphatic heterocycles. The van der Waals surface area contributed by atoms with Crippen LogP contribution < -0.4 is 10.6 Å². The Morgan fingerprint density at radius 1 is 1.12 bits per heavy atom. The molecule has 130 valence electrons. The number of imidazole rings is 1. The van der Waals surface area contributed by atoms with Crippen molar-refractivity contribution >= 4 is 5.96 Å². The fourth-order valence-electron chi connectivity index (χ4n) is 2.52. The summed E-state index contributed by atoms with van der Waals surface area (Å²) in [6.07, 6.45) is 4.23. The second-order valence-corrected chi connectivity index (χ2v) is 5.87. The number of nitrogens with one attached hydrogen (secondary N) is 3. The molecule has 0 bridgehead atoms. The van der Waals surface area contributed by atoms with Crippen molar-refractivity contribution in [3.05, 3.63) is 42.4 Å². The van der Waals surface area contributed by atoms with E-state index in [0.717, 1.165) is 36.1 Å². The highest BCUT2D eigenvalue weighted by Crippen LogP contribution is 2.16. The van der Waals surface area contributed by atoms with Crippen LogP contribution in [0.1, 0.15) is 39.4 Å². The molecular formula is C19H29N5. The van der Waals surface area contributed by atoms with Crippen LogP contribution in [0.5, 0.6) is 0 Å². The normalized spacial score (nSPS) is 11.8. The summed E-state index contributed by atoms with van der Waals surface area (Å²) in [5, 5.41) is 6.72. The summed E-state index contributed by atoms with van der Waals surface area (Å²) in [6.45, 7) is 8.87. The summed E-state index contributed by atoms with van der Waals surface area (Å²) in [7, 11) is 0. The third-order valence-corrected chi connectivity index (χ3v) is 4.16. The van der Waals surface area contributed by atoms with Gasteiger partial charge in [0.1, 0.15) is 12.4 Å². The maximum absolute atomic E-state index is 4.63. The minimum atomic E-state index is 0.533. The summed E-state index contributed by atoms with van der Waals surface area (Å²) in [6, 6.07) is 10.2. The van der Waals surface area contributed by atoms with Gasteiger partial charge in [-0.3, -0.25) is 0 Å². The molecule has 0 amide bonds. The van der Waals surface area contributed by atoms with Gasteiger partial charge in [-0.15, -0.1) is 0 Å². The van der Waals surface area contributed by atoms with Gasteiger partial charge in [0.2, 0.25) is 0 Å². The summed E-state index contributed by atoms with van der Waals surface area (Å²) < 4.78 is 0. The Kier molecular flexibility index (Phi) is 7.33. The number of hydrogen-bond acceptors (Lipinski definition) is 2. The maximum Gasteiger partial charge on any atom is 0.191 e. The largest absolute Gasteiger partial charge is 0.357 e. The van der Waals surface area contributed by atoms with Gasteiger partial charge in [-0.2, -0.15) is 0 Å². The van der Waals surface area contributed by atoms with Crippen molar-refractivity contribution in [2.45, 2.75) is 40.2 Å². The Balaban J connectivity index is 1.97. The second kappa shape index (κ2) is 9.75. The Bertz CT molecular complexity index is 614. The van der Waals surface area contributed by atoms with Crippen LogP contribution in [0.4, 0.5) is 0 Å². The van der Waals surface area contributed by atoms with E-state index < -0.39 is 0 Å². The summed E-state index contributed by atoms with van der Waals surface area (Å²) >= 11 is 0. The molecule has 0 fully saturated rings. The number of aromatic amines is 1. The molecule has 1 heterocycles. The van der Waals surface area contributed by atoms with Gasteiger partial charge < -0.3 is 15.6 Å². The molecule has 24 heavy (non-hydrogen) atoms. The predicted molar refractivity (Wildman–Crippen MR) is 101 cm³/mol. The lowest BCUT2D eigenvalue weighted by molar-refractivity contribution is 0.481. The van der Waals surface area contributed by atoms with E-state index in [0.29, 0.717) is 12.5 Å². The average molecular weight is 327 g/mol. The van der Waals surface area contributed by atoms with E-state index in [1.807, 2.05) is 24.4 Å². The Labute approximate surface area is 145 Å². The van der Waals surface area contributed by atoms with Gasteiger partial charge >= 0.3 is 0 Å². The average Bonchev–Trinajstić information content (AvgIpc) is 3.10. The third-order valence-electron chi connectivity index (χ3n) is 4.16. The topological polar surface area (TPSA) is 65.1 Å². The monoisotopic (exact) mass is 327 g/mol. The smallest absolute Gasteiger partial charge is 0.191 e. The van der Waals surface area contributed by atoms with Crippen LogP contribution in [0.15, 0.2) is 41.5 Å². The van der Waals surface area contributed by atoms with Crippen molar-refractivity contribution < 1.29 is 0 Å². The standard InChI is InChI=1S/C19H29N5/c1-4-15(5-2)12-22-19(20-6-3)23-14-18-21-13-17(24-18)16-10-8-7-9-11-16/h7-11,13,15H,4-6,12,14H2,1-3H3,(H,21,24)(H2,20,22,23). The first kappa shape index (κ1) is 18.0. The van der Waals surface area contributed by atoms with Gasteiger partial charge in [-0.1, -0.05) is 57.0 Å². The van der Waals surface area contributed by atoms with Crippen LogP contribution in [0, 0.1) is 5.92 Å². The van der Waals surface area contributed by atoms with Crippen LogP contribution >= 0.6 is 0 Å². The molecule has 0 atom stereocenters. The van der Waals surface area contributed by atoms with E-state index in [4.69, 9.17) is 0 Å². The molecule has 1 aromatic heterocycles. The van der Waals surface area contributed by atoms with Crippen LogP contribution in [-0.4, -0.2) is 29.0 Å². The number of guanidine groups is 1. The maximum atomic E-state index is 4.63. The van der Waals surface area contributed by atoms with Crippen LogP contribution in [0.25, 0.3) is 11.3 Å². The molecule has 0 saturated heterocycles. The van der Waals surface area contributed by atoms with Crippen LogP contribution in [-0.2, 0) is 6.54 Å². The molecule has 0 aliphatic carbocycles. The van der Waals surface area contributed by atoms with Gasteiger partial charge in [0.05, 0.1) is 11.9 Å². The van der Waals surface area contributed by atoms with Crippen LogP contribution in [0.2, 0.25) is 0 Å². The molecule has 1 aromatic carbocycles. The predicted octanol–water partition coefficient (Wildman–Crippen LogP) is 3.57. The van der Waals surface area contributed by atoms with Gasteiger partial charge in [-0.05, 0) is 18.4 Å². The summed E-state index contributed by atoms with van der Waals surface area (Å²) in [4.78, 5) is 12.4. The molecular weight excluding hydrogens is 298 g/mol. The molecule has 0 radical (unpaired) electrons. The van der Waals surface area contributed by atoms with Crippen molar-refractivity contribution in [2.24, 2.45) is 10.9 Å². The minimum absolute atomic E-state index is 0.533. The minimum Gasteiger partial charge on any atom is -0.357 e. The zero-order chi connectivity index (χ0) is 17.2. The highest BCUT2D eigenvalue weighted by Gasteiger charge is 2.06. The zero-order valence-corrected chi connectivity index (χ0v) is 15.0. The molecule has 2 aromatic rings. The molecule has 2 rings (SSSR count). The number of nitrogens with zero attached hydrogens (tertiary/aromatic N) is 2. The lowest BCUT2D eigenvalue weighted by Gasteiger charge is -2.16. The lowest BCUT2D eigenvalue weighted by Crippen LogP contribution is -2.39. The van der Waals surface area contributed by atoms with Crippen molar-refractivity contribution in [3.8, 4) is 11.3 Å². The molecule has 0 saturated carbocycles. The first-order chi connectivity index (χ1) is 11.8. The van der Waals surface area contributed by atoms with Crippen molar-refractivity contribution in [1.29, 1.82) is 0 Å². The van der Waals surface area contributed by atoms with Gasteiger partial charge in [-0.25, -0.2) is 9.98 Å². The SMILES string of the molecule is CCNC(=NCc1ncc(-c2ccccc2)[nH]1)NCC(CC)CC. The number of benzene rings is 1. The Morgan fingerprint density at radius 2 is 1.88 bits per heavy atom. The van der Waals surface area contributed by atoms with E-state index in [1.54, 1.807) is 0 Å². The quantitative estimate of drug-likeness (QED) is 0.513. The fraction of sp³-hybridized carbons (Fsp3) is 0.474. The Morgan fingerprint density at radius 3 is 2.54 bits per heavy atom. The first-order valence-corrected chi connectivity index (χ1v) is 8.88. The molecule has 3 N–H and O–H groups in total. The van der Waals surface area contributed by atoms with Crippen molar-refractivity contribution in [3.63, 3.8) is 0 Å². The number of hydrogen-bond donors (Lipinski definition) is 3. The van der Waals surface area contributed by atoms with E-state index in [1.165, 1.54) is 12.8 Å². The summed E-state index contributed by atoms with van der Waals surface area (Å²) in [5.41, 5.74) is 2.16. The van der Waals surface area contributed by atoms with Gasteiger partial charge in [0.25, 0.3) is 0 Å². The highest BCUT2D eigenvalue weighted by molar-refractivity contribution is 5.79. The van der Waals surface area contributed by atoms with Gasteiger partial charge in [0.15, 0.2) is 5.96 Å². The lowest BCUT2D eigenvalue weighted by atomic mass is 10.0. The van der Waals surface area contributed by atoms with E-state index >= 15 is 0 Å². The van der Waals surface area contributed by atoms with Crippen molar-refractivity contribution in [2.75, 3.05) is 13.1 Å². The number of aromatic nitrogens is 2. The molecule has 5 nitrogen and oxygen atoms in total. The number of H-pyrrole nitrogens is 1. The third kappa shape index (κ3) is 5.41. The highest BCUT2D eigenvalue weighted by atomic mass is 15.2. The molecule has 0 aliphatic rings. The van der Waals surface area contributed by atoms with E-state index in [9.17, 15) is 0 Å².